The van der Waals surface area contributed by atoms with Gasteiger partial charge in [0.15, 0.2) is 5.82 Å². The summed E-state index contributed by atoms with van der Waals surface area (Å²) in [6.45, 7) is 9.12. The lowest BCUT2D eigenvalue weighted by atomic mass is 9.95. The van der Waals surface area contributed by atoms with E-state index in [1.165, 1.54) is 37.0 Å². The van der Waals surface area contributed by atoms with Gasteiger partial charge in [-0.1, -0.05) is 120 Å². The van der Waals surface area contributed by atoms with Crippen molar-refractivity contribution in [3.05, 3.63) is 124 Å². The summed E-state index contributed by atoms with van der Waals surface area (Å²) < 4.78 is 5.90. The average molecular weight is 765 g/mol. The number of carbonyl (C=O) groups excluding carboxylic acids is 1. The molecule has 3 aromatic carbocycles. The number of rotatable bonds is 19. The minimum atomic E-state index is -1.55. The van der Waals surface area contributed by atoms with Crippen molar-refractivity contribution >= 4 is 23.2 Å². The molecule has 11 heteroatoms. The summed E-state index contributed by atoms with van der Waals surface area (Å²) in [5.74, 6) is -0.364. The summed E-state index contributed by atoms with van der Waals surface area (Å²) in [7, 11) is 0. The summed E-state index contributed by atoms with van der Waals surface area (Å²) >= 11 is 1.37. The molecular formula is C44H52N4O6S. The molecule has 2 aromatic heterocycles. The van der Waals surface area contributed by atoms with Crippen LogP contribution in [0, 0.1) is 0 Å². The highest BCUT2D eigenvalue weighted by atomic mass is 32.1. The van der Waals surface area contributed by atoms with E-state index in [4.69, 9.17) is 4.74 Å². The van der Waals surface area contributed by atoms with E-state index < -0.39 is 36.3 Å². The average Bonchev–Trinajstić information content (AvgIpc) is 3.71. The zero-order valence-electron chi connectivity index (χ0n) is 31.9. The second-order valence-corrected chi connectivity index (χ2v) is 15.8. The van der Waals surface area contributed by atoms with Crippen LogP contribution in [-0.4, -0.2) is 62.1 Å². The number of hydrogen-bond acceptors (Lipinski definition) is 9. The lowest BCUT2D eigenvalue weighted by Crippen LogP contribution is -2.56. The number of benzene rings is 3. The van der Waals surface area contributed by atoms with Crippen LogP contribution in [-0.2, 0) is 16.6 Å². The number of nitrogens with one attached hydrogen (secondary N) is 2. The van der Waals surface area contributed by atoms with Crippen LogP contribution in [0.2, 0.25) is 0 Å². The number of amides is 1. The monoisotopic (exact) mass is 764 g/mol. The fourth-order valence-electron chi connectivity index (χ4n) is 6.09. The van der Waals surface area contributed by atoms with E-state index in [0.717, 1.165) is 39.3 Å². The van der Waals surface area contributed by atoms with Crippen molar-refractivity contribution in [2.45, 2.75) is 96.1 Å². The van der Waals surface area contributed by atoms with Crippen LogP contribution in [0.5, 0.6) is 5.75 Å². The molecule has 5 rings (SSSR count). The van der Waals surface area contributed by atoms with Crippen LogP contribution in [0.1, 0.15) is 91.6 Å². The van der Waals surface area contributed by atoms with E-state index in [-0.39, 0.29) is 11.8 Å². The van der Waals surface area contributed by atoms with Crippen molar-refractivity contribution in [3.63, 3.8) is 0 Å². The first kappa shape index (κ1) is 41.2. The largest absolute Gasteiger partial charge is 0.494 e. The highest BCUT2D eigenvalue weighted by Crippen LogP contribution is 2.30. The Balaban J connectivity index is 1.27. The number of ether oxygens (including phenoxy) is 1. The van der Waals surface area contributed by atoms with Gasteiger partial charge < -0.3 is 25.4 Å². The fourth-order valence-corrected chi connectivity index (χ4v) is 7.06. The SMILES string of the molecule is CCCCCCCOc1ccc(-c2cnc(-c3ccc(C[C@H](NC(=O)c4ccc(C(C)(C)C)s4)C(O)N[C@@H](C(=O)O)[C@H](O)c4ccccc4)cc3)nc2)cc1. The van der Waals surface area contributed by atoms with Gasteiger partial charge >= 0.3 is 5.97 Å². The topological polar surface area (TPSA) is 154 Å². The predicted octanol–water partition coefficient (Wildman–Crippen LogP) is 7.95. The number of carbonyl (C=O) groups is 2. The second kappa shape index (κ2) is 19.6. The van der Waals surface area contributed by atoms with Gasteiger partial charge in [-0.05, 0) is 59.2 Å². The molecule has 2 heterocycles. The molecule has 4 atom stereocenters. The summed E-state index contributed by atoms with van der Waals surface area (Å²) in [5.41, 5.74) is 3.64. The molecule has 55 heavy (non-hydrogen) atoms. The van der Waals surface area contributed by atoms with Gasteiger partial charge in [0.1, 0.15) is 24.1 Å². The van der Waals surface area contributed by atoms with Crippen molar-refractivity contribution in [2.75, 3.05) is 6.61 Å². The van der Waals surface area contributed by atoms with E-state index in [2.05, 4.69) is 48.3 Å². The number of hydrogen-bond donors (Lipinski definition) is 5. The lowest BCUT2D eigenvalue weighted by Gasteiger charge is -2.29. The lowest BCUT2D eigenvalue weighted by molar-refractivity contribution is -0.144. The van der Waals surface area contributed by atoms with E-state index in [1.807, 2.05) is 54.6 Å². The third kappa shape index (κ3) is 11.8. The molecule has 0 saturated carbocycles. The maximum absolute atomic E-state index is 13.5. The van der Waals surface area contributed by atoms with Gasteiger partial charge in [-0.25, -0.2) is 9.97 Å². The Kier molecular flexibility index (Phi) is 14.7. The molecule has 0 saturated heterocycles. The fraction of sp³-hybridized carbons (Fsp3) is 0.364. The number of thiophene rings is 1. The Bertz CT molecular complexity index is 1940. The molecule has 10 nitrogen and oxygen atoms in total. The Morgan fingerprint density at radius 1 is 0.800 bits per heavy atom. The molecule has 1 unspecified atom stereocenters. The van der Waals surface area contributed by atoms with Gasteiger partial charge in [-0.15, -0.1) is 11.3 Å². The van der Waals surface area contributed by atoms with Crippen LogP contribution in [0.4, 0.5) is 0 Å². The first-order valence-corrected chi connectivity index (χ1v) is 19.7. The number of aliphatic carboxylic acids is 1. The van der Waals surface area contributed by atoms with E-state index in [1.54, 1.807) is 48.8 Å². The first-order valence-electron chi connectivity index (χ1n) is 18.9. The number of carboxylic acids is 1. The standard InChI is InChI=1S/C44H52N4O6S/c1-5-6-7-8-12-25-54-34-21-19-30(20-22-34)33-27-45-40(46-28-33)32-17-15-29(16-18-32)26-35(47-42(51)36-23-24-37(55-36)44(2,3)4)41(50)48-38(43(52)53)39(49)31-13-10-9-11-14-31/h9-11,13-24,27-28,35,38-39,41,48-50H,5-8,12,25-26H2,1-4H3,(H,47,51)(H,52,53)/t35-,38+,39+,41?/m0/s1. The van der Waals surface area contributed by atoms with Crippen LogP contribution >= 0.6 is 11.3 Å². The summed E-state index contributed by atoms with van der Waals surface area (Å²) in [6, 6.07) is 24.9. The quantitative estimate of drug-likeness (QED) is 0.0416. The van der Waals surface area contributed by atoms with Crippen LogP contribution in [0.3, 0.4) is 0 Å². The molecule has 0 fully saturated rings. The molecule has 0 aliphatic heterocycles. The number of nitrogens with zero attached hydrogens (tertiary/aromatic N) is 2. The van der Waals surface area contributed by atoms with Gasteiger partial charge in [0.25, 0.3) is 5.91 Å². The van der Waals surface area contributed by atoms with Gasteiger partial charge in [0, 0.05) is 28.4 Å². The smallest absolute Gasteiger partial charge is 0.323 e. The molecule has 1 amide bonds. The minimum Gasteiger partial charge on any atom is -0.494 e. The second-order valence-electron chi connectivity index (χ2n) is 14.8. The highest BCUT2D eigenvalue weighted by Gasteiger charge is 2.33. The van der Waals surface area contributed by atoms with Crippen molar-refractivity contribution in [1.29, 1.82) is 0 Å². The number of aromatic nitrogens is 2. The highest BCUT2D eigenvalue weighted by molar-refractivity contribution is 7.14. The van der Waals surface area contributed by atoms with E-state index >= 15 is 0 Å². The molecule has 0 radical (unpaired) electrons. The summed E-state index contributed by atoms with van der Waals surface area (Å²) in [5, 5.41) is 38.0. The summed E-state index contributed by atoms with van der Waals surface area (Å²) in [4.78, 5) is 36.5. The number of carboxylic acid groups (broad SMARTS) is 1. The molecule has 0 bridgehead atoms. The van der Waals surface area contributed by atoms with Crippen molar-refractivity contribution in [2.24, 2.45) is 0 Å². The molecular weight excluding hydrogens is 713 g/mol. The molecule has 0 aliphatic carbocycles. The molecule has 290 valence electrons. The van der Waals surface area contributed by atoms with Crippen LogP contribution in [0.15, 0.2) is 103 Å². The van der Waals surface area contributed by atoms with Gasteiger partial charge in [-0.2, -0.15) is 0 Å². The van der Waals surface area contributed by atoms with Gasteiger partial charge in [0.2, 0.25) is 0 Å². The van der Waals surface area contributed by atoms with Crippen molar-refractivity contribution in [1.82, 2.24) is 20.6 Å². The third-order valence-corrected chi connectivity index (χ3v) is 10.9. The van der Waals surface area contributed by atoms with Gasteiger partial charge in [-0.3, -0.25) is 14.9 Å². The van der Waals surface area contributed by atoms with Crippen molar-refractivity contribution < 1.29 is 29.6 Å². The zero-order chi connectivity index (χ0) is 39.4. The van der Waals surface area contributed by atoms with E-state index in [0.29, 0.717) is 22.9 Å². The first-order chi connectivity index (χ1) is 26.4. The Morgan fingerprint density at radius 3 is 2.07 bits per heavy atom. The number of aliphatic hydroxyl groups excluding tert-OH is 2. The molecule has 0 aliphatic rings. The Labute approximate surface area is 327 Å². The van der Waals surface area contributed by atoms with E-state index in [9.17, 15) is 24.9 Å². The third-order valence-electron chi connectivity index (χ3n) is 9.36. The predicted molar refractivity (Wildman–Crippen MR) is 217 cm³/mol. The molecule has 0 spiro atoms. The molecule has 5 N–H and O–H groups in total. The van der Waals surface area contributed by atoms with Gasteiger partial charge in [0.05, 0.1) is 17.5 Å². The summed E-state index contributed by atoms with van der Waals surface area (Å²) in [6.07, 6.45) is 6.71. The Hall–Kier alpha value is -4.94. The Morgan fingerprint density at radius 2 is 1.45 bits per heavy atom. The van der Waals surface area contributed by atoms with Crippen LogP contribution < -0.4 is 15.4 Å². The number of aliphatic hydroxyl groups is 2. The molecule has 5 aromatic rings. The number of unbranched alkanes of at least 4 members (excludes halogenated alkanes) is 4. The maximum atomic E-state index is 13.5. The van der Waals surface area contributed by atoms with Crippen molar-refractivity contribution in [3.8, 4) is 28.3 Å². The maximum Gasteiger partial charge on any atom is 0.323 e. The normalized spacial score (nSPS) is 13.8. The van der Waals surface area contributed by atoms with Crippen LogP contribution in [0.25, 0.3) is 22.5 Å². The minimum absolute atomic E-state index is 0.147. The zero-order valence-corrected chi connectivity index (χ0v) is 32.8.